The summed E-state index contributed by atoms with van der Waals surface area (Å²) in [4.78, 5) is 25.4. The van der Waals surface area contributed by atoms with E-state index in [4.69, 9.17) is 9.47 Å². The Labute approximate surface area is 153 Å². The number of rotatable bonds is 7. The van der Waals surface area contributed by atoms with Crippen molar-refractivity contribution in [3.63, 3.8) is 0 Å². The molecule has 0 unspecified atom stereocenters. The van der Waals surface area contributed by atoms with E-state index >= 15 is 0 Å². The molecule has 6 nitrogen and oxygen atoms in total. The van der Waals surface area contributed by atoms with Crippen molar-refractivity contribution >= 4 is 17.5 Å². The number of nitrogens with zero attached hydrogens (tertiary/aromatic N) is 1. The first kappa shape index (κ1) is 19.3. The maximum absolute atomic E-state index is 12.6. The quantitative estimate of drug-likeness (QED) is 0.828. The molecule has 2 aromatic carbocycles. The molecule has 2 amide bonds. The van der Waals surface area contributed by atoms with Crippen molar-refractivity contribution in [3.8, 4) is 11.5 Å². The minimum absolute atomic E-state index is 0.139. The fourth-order valence-electron chi connectivity index (χ4n) is 2.43. The van der Waals surface area contributed by atoms with Crippen molar-refractivity contribution < 1.29 is 19.1 Å². The molecule has 6 heteroatoms. The molecular formula is C20H24N2O4. The molecule has 0 aliphatic carbocycles. The SMILES string of the molecule is COc1ccccc1OCCN(C)C(=O)c1ccc(C)c(NC(C)=O)c1. The Bertz CT molecular complexity index is 789. The number of nitrogens with one attached hydrogen (secondary N) is 1. The summed E-state index contributed by atoms with van der Waals surface area (Å²) >= 11 is 0. The topological polar surface area (TPSA) is 67.9 Å². The first-order valence-electron chi connectivity index (χ1n) is 8.32. The maximum atomic E-state index is 12.6. The van der Waals surface area contributed by atoms with Gasteiger partial charge in [0.25, 0.3) is 5.91 Å². The molecule has 138 valence electrons. The van der Waals surface area contributed by atoms with Crippen LogP contribution in [0.3, 0.4) is 0 Å². The Morgan fingerprint density at radius 1 is 1.12 bits per heavy atom. The Hall–Kier alpha value is -3.02. The number of carbonyl (C=O) groups is 2. The summed E-state index contributed by atoms with van der Waals surface area (Å²) in [6, 6.07) is 12.6. The zero-order valence-electron chi connectivity index (χ0n) is 15.5. The van der Waals surface area contributed by atoms with Gasteiger partial charge in [0.2, 0.25) is 5.91 Å². The lowest BCUT2D eigenvalue weighted by atomic mass is 10.1. The summed E-state index contributed by atoms with van der Waals surface area (Å²) in [5.41, 5.74) is 2.06. The molecule has 0 atom stereocenters. The molecule has 1 N–H and O–H groups in total. The third-order valence-electron chi connectivity index (χ3n) is 3.90. The van der Waals surface area contributed by atoms with Crippen LogP contribution in [0.5, 0.6) is 11.5 Å². The van der Waals surface area contributed by atoms with Crippen molar-refractivity contribution in [3.05, 3.63) is 53.6 Å². The third kappa shape index (κ3) is 4.99. The Morgan fingerprint density at radius 3 is 2.46 bits per heavy atom. The summed E-state index contributed by atoms with van der Waals surface area (Å²) in [5.74, 6) is 0.982. The predicted octanol–water partition coefficient (Wildman–Crippen LogP) is 3.11. The van der Waals surface area contributed by atoms with Crippen molar-refractivity contribution in [2.75, 3.05) is 32.6 Å². The van der Waals surface area contributed by atoms with Crippen molar-refractivity contribution in [1.29, 1.82) is 0 Å². The van der Waals surface area contributed by atoms with E-state index in [0.717, 1.165) is 5.56 Å². The number of amides is 2. The Morgan fingerprint density at radius 2 is 1.81 bits per heavy atom. The number of methoxy groups -OCH3 is 1. The number of anilines is 1. The lowest BCUT2D eigenvalue weighted by Gasteiger charge is -2.19. The van der Waals surface area contributed by atoms with E-state index < -0.39 is 0 Å². The first-order valence-corrected chi connectivity index (χ1v) is 8.32. The molecule has 0 aliphatic rings. The van der Waals surface area contributed by atoms with Gasteiger partial charge in [0.15, 0.2) is 11.5 Å². The van der Waals surface area contributed by atoms with Gasteiger partial charge in [0, 0.05) is 25.2 Å². The number of para-hydroxylation sites is 2. The summed E-state index contributed by atoms with van der Waals surface area (Å²) in [6.45, 7) is 4.08. The van der Waals surface area contributed by atoms with Crippen LogP contribution in [0.25, 0.3) is 0 Å². The van der Waals surface area contributed by atoms with Crippen LogP contribution < -0.4 is 14.8 Å². The average molecular weight is 356 g/mol. The largest absolute Gasteiger partial charge is 0.493 e. The Balaban J connectivity index is 1.98. The van der Waals surface area contributed by atoms with E-state index in [9.17, 15) is 9.59 Å². The second-order valence-corrected chi connectivity index (χ2v) is 5.94. The number of ether oxygens (including phenoxy) is 2. The molecule has 0 heterocycles. The van der Waals surface area contributed by atoms with Gasteiger partial charge >= 0.3 is 0 Å². The second kappa shape index (κ2) is 8.89. The van der Waals surface area contributed by atoms with E-state index in [-0.39, 0.29) is 11.8 Å². The molecule has 0 bridgehead atoms. The second-order valence-electron chi connectivity index (χ2n) is 5.94. The van der Waals surface area contributed by atoms with Gasteiger partial charge in [0.05, 0.1) is 13.7 Å². The molecule has 0 spiro atoms. The van der Waals surface area contributed by atoms with E-state index in [0.29, 0.717) is 35.9 Å². The summed E-state index contributed by atoms with van der Waals surface area (Å²) in [7, 11) is 3.30. The monoisotopic (exact) mass is 356 g/mol. The summed E-state index contributed by atoms with van der Waals surface area (Å²) in [6.07, 6.45) is 0. The van der Waals surface area contributed by atoms with E-state index in [1.54, 1.807) is 31.2 Å². The van der Waals surface area contributed by atoms with Crippen LogP contribution in [-0.4, -0.2) is 44.0 Å². The van der Waals surface area contributed by atoms with Gasteiger partial charge in [-0.15, -0.1) is 0 Å². The van der Waals surface area contributed by atoms with Gasteiger partial charge in [-0.25, -0.2) is 0 Å². The van der Waals surface area contributed by atoms with Crippen LogP contribution in [0.4, 0.5) is 5.69 Å². The zero-order valence-corrected chi connectivity index (χ0v) is 15.5. The molecule has 0 aromatic heterocycles. The summed E-state index contributed by atoms with van der Waals surface area (Å²) in [5, 5.41) is 2.74. The standard InChI is InChI=1S/C20H24N2O4/c1-14-9-10-16(13-17(14)21-15(2)23)20(24)22(3)11-12-26-19-8-6-5-7-18(19)25-4/h5-10,13H,11-12H2,1-4H3,(H,21,23). The number of likely N-dealkylation sites (N-methyl/N-ethyl adjacent to an activating group) is 1. The Kier molecular flexibility index (Phi) is 6.60. The molecule has 0 aliphatic heterocycles. The fourth-order valence-corrected chi connectivity index (χ4v) is 2.43. The van der Waals surface area contributed by atoms with Gasteiger partial charge in [-0.2, -0.15) is 0 Å². The maximum Gasteiger partial charge on any atom is 0.253 e. The van der Waals surface area contributed by atoms with E-state index in [2.05, 4.69) is 5.32 Å². The van der Waals surface area contributed by atoms with Crippen molar-refractivity contribution in [2.45, 2.75) is 13.8 Å². The normalized spacial score (nSPS) is 10.2. The number of hydrogen-bond acceptors (Lipinski definition) is 4. The molecule has 2 aromatic rings. The number of benzene rings is 2. The molecular weight excluding hydrogens is 332 g/mol. The van der Waals surface area contributed by atoms with Gasteiger partial charge in [-0.3, -0.25) is 9.59 Å². The van der Waals surface area contributed by atoms with Crippen LogP contribution in [0.2, 0.25) is 0 Å². The molecule has 0 fully saturated rings. The van der Waals surface area contributed by atoms with Gasteiger partial charge < -0.3 is 19.7 Å². The molecule has 0 radical (unpaired) electrons. The highest BCUT2D eigenvalue weighted by Gasteiger charge is 2.14. The van der Waals surface area contributed by atoms with Crippen molar-refractivity contribution in [2.24, 2.45) is 0 Å². The lowest BCUT2D eigenvalue weighted by Crippen LogP contribution is -2.31. The number of hydrogen-bond donors (Lipinski definition) is 1. The van der Waals surface area contributed by atoms with Crippen LogP contribution in [0, 0.1) is 6.92 Å². The molecule has 26 heavy (non-hydrogen) atoms. The predicted molar refractivity (Wildman–Crippen MR) is 101 cm³/mol. The molecule has 0 saturated carbocycles. The third-order valence-corrected chi connectivity index (χ3v) is 3.90. The lowest BCUT2D eigenvalue weighted by molar-refractivity contribution is -0.114. The highest BCUT2D eigenvalue weighted by molar-refractivity contribution is 5.97. The zero-order chi connectivity index (χ0) is 19.1. The summed E-state index contributed by atoms with van der Waals surface area (Å²) < 4.78 is 10.9. The van der Waals surface area contributed by atoms with Gasteiger partial charge in [-0.05, 0) is 36.8 Å². The van der Waals surface area contributed by atoms with Crippen LogP contribution >= 0.6 is 0 Å². The first-order chi connectivity index (χ1) is 12.4. The number of aryl methyl sites for hydroxylation is 1. The highest BCUT2D eigenvalue weighted by atomic mass is 16.5. The van der Waals surface area contributed by atoms with E-state index in [1.165, 1.54) is 6.92 Å². The number of carbonyl (C=O) groups excluding carboxylic acids is 2. The smallest absolute Gasteiger partial charge is 0.253 e. The van der Waals surface area contributed by atoms with Gasteiger partial charge in [0.1, 0.15) is 6.61 Å². The molecule has 2 rings (SSSR count). The molecule has 0 saturated heterocycles. The van der Waals surface area contributed by atoms with Gasteiger partial charge in [-0.1, -0.05) is 18.2 Å². The van der Waals surface area contributed by atoms with E-state index in [1.807, 2.05) is 37.3 Å². The fraction of sp³-hybridized carbons (Fsp3) is 0.300. The highest BCUT2D eigenvalue weighted by Crippen LogP contribution is 2.25. The minimum atomic E-state index is -0.170. The van der Waals surface area contributed by atoms with Crippen LogP contribution in [-0.2, 0) is 4.79 Å². The minimum Gasteiger partial charge on any atom is -0.493 e. The van der Waals surface area contributed by atoms with Crippen molar-refractivity contribution in [1.82, 2.24) is 4.90 Å². The average Bonchev–Trinajstić information content (AvgIpc) is 2.62. The van der Waals surface area contributed by atoms with Crippen LogP contribution in [0.1, 0.15) is 22.8 Å². The van der Waals surface area contributed by atoms with Crippen LogP contribution in [0.15, 0.2) is 42.5 Å².